The molecule has 0 spiro atoms. The van der Waals surface area contributed by atoms with Crippen molar-refractivity contribution < 1.29 is 13.9 Å². The van der Waals surface area contributed by atoms with E-state index in [0.717, 1.165) is 28.1 Å². The van der Waals surface area contributed by atoms with E-state index in [0.29, 0.717) is 29.6 Å². The highest BCUT2D eigenvalue weighted by Gasteiger charge is 2.15. The van der Waals surface area contributed by atoms with Crippen molar-refractivity contribution in [2.45, 2.75) is 13.1 Å². The van der Waals surface area contributed by atoms with Crippen LogP contribution in [0.4, 0.5) is 4.39 Å². The van der Waals surface area contributed by atoms with E-state index < -0.39 is 0 Å². The first-order valence-corrected chi connectivity index (χ1v) is 10.5. The molecule has 1 heterocycles. The smallest absolute Gasteiger partial charge is 0.161 e. The molecule has 4 rings (SSSR count). The van der Waals surface area contributed by atoms with E-state index in [1.54, 1.807) is 31.0 Å². The minimum Gasteiger partial charge on any atom is -0.493 e. The Morgan fingerprint density at radius 2 is 1.69 bits per heavy atom. The molecule has 1 N–H and O–H groups in total. The lowest BCUT2D eigenvalue weighted by Gasteiger charge is -2.10. The van der Waals surface area contributed by atoms with Crippen LogP contribution in [0.5, 0.6) is 11.5 Å². The van der Waals surface area contributed by atoms with Crippen molar-refractivity contribution in [3.05, 3.63) is 94.9 Å². The zero-order chi connectivity index (χ0) is 22.5. The maximum absolute atomic E-state index is 13.4. The molecule has 0 aliphatic carbocycles. The van der Waals surface area contributed by atoms with Crippen molar-refractivity contribution in [1.82, 2.24) is 15.1 Å². The average molecular weight is 452 g/mol. The van der Waals surface area contributed by atoms with Crippen molar-refractivity contribution in [3.8, 4) is 28.4 Å². The Balaban J connectivity index is 1.59. The van der Waals surface area contributed by atoms with Crippen molar-refractivity contribution >= 4 is 11.6 Å². The molecule has 3 aromatic carbocycles. The van der Waals surface area contributed by atoms with Gasteiger partial charge in [0.2, 0.25) is 0 Å². The molecule has 164 valence electrons. The number of hydrogen-bond acceptors (Lipinski definition) is 4. The van der Waals surface area contributed by atoms with E-state index in [-0.39, 0.29) is 5.82 Å². The van der Waals surface area contributed by atoms with E-state index in [2.05, 4.69) is 5.32 Å². The lowest BCUT2D eigenvalue weighted by atomic mass is 10.1. The Hall–Kier alpha value is -3.35. The Morgan fingerprint density at radius 3 is 2.41 bits per heavy atom. The number of nitrogens with zero attached hydrogens (tertiary/aromatic N) is 2. The number of rotatable bonds is 8. The summed E-state index contributed by atoms with van der Waals surface area (Å²) in [5, 5.41) is 8.83. The zero-order valence-corrected chi connectivity index (χ0v) is 18.6. The second-order valence-corrected chi connectivity index (χ2v) is 7.60. The largest absolute Gasteiger partial charge is 0.493 e. The van der Waals surface area contributed by atoms with Gasteiger partial charge in [0.05, 0.1) is 30.6 Å². The molecular weight excluding hydrogens is 429 g/mol. The van der Waals surface area contributed by atoms with Crippen LogP contribution in [0.25, 0.3) is 16.9 Å². The average Bonchev–Trinajstić information content (AvgIpc) is 3.23. The van der Waals surface area contributed by atoms with Gasteiger partial charge in [0, 0.05) is 30.4 Å². The predicted octanol–water partition coefficient (Wildman–Crippen LogP) is 5.64. The summed E-state index contributed by atoms with van der Waals surface area (Å²) in [6, 6.07) is 19.6. The minimum absolute atomic E-state index is 0.288. The molecule has 0 bridgehead atoms. The van der Waals surface area contributed by atoms with Crippen LogP contribution in [-0.2, 0) is 13.1 Å². The summed E-state index contributed by atoms with van der Waals surface area (Å²) in [6.07, 6.45) is 1.94. The van der Waals surface area contributed by atoms with E-state index in [1.165, 1.54) is 12.1 Å². The van der Waals surface area contributed by atoms with Gasteiger partial charge in [0.25, 0.3) is 0 Å². The van der Waals surface area contributed by atoms with Gasteiger partial charge in [-0.3, -0.25) is 0 Å². The van der Waals surface area contributed by atoms with Crippen LogP contribution in [0.1, 0.15) is 11.1 Å². The molecule has 0 radical (unpaired) electrons. The zero-order valence-electron chi connectivity index (χ0n) is 17.8. The van der Waals surface area contributed by atoms with Crippen LogP contribution in [-0.4, -0.2) is 24.0 Å². The highest BCUT2D eigenvalue weighted by Crippen LogP contribution is 2.30. The normalized spacial score (nSPS) is 10.9. The summed E-state index contributed by atoms with van der Waals surface area (Å²) in [5.41, 5.74) is 4.43. The molecule has 4 aromatic rings. The SMILES string of the molecule is COc1ccc(CNCc2cn(-c3ccc(F)cc3)nc2-c2ccccc2Cl)cc1OC. The summed E-state index contributed by atoms with van der Waals surface area (Å²) >= 11 is 6.45. The third-order valence-corrected chi connectivity index (χ3v) is 5.43. The minimum atomic E-state index is -0.288. The molecule has 0 atom stereocenters. The van der Waals surface area contributed by atoms with Gasteiger partial charge >= 0.3 is 0 Å². The summed E-state index contributed by atoms with van der Waals surface area (Å²) in [7, 11) is 3.24. The third kappa shape index (κ3) is 4.77. The van der Waals surface area contributed by atoms with Crippen molar-refractivity contribution in [3.63, 3.8) is 0 Å². The molecule has 1 aromatic heterocycles. The van der Waals surface area contributed by atoms with Crippen LogP contribution < -0.4 is 14.8 Å². The van der Waals surface area contributed by atoms with E-state index in [1.807, 2.05) is 48.7 Å². The van der Waals surface area contributed by atoms with E-state index in [4.69, 9.17) is 26.2 Å². The van der Waals surface area contributed by atoms with Gasteiger partial charge in [-0.25, -0.2) is 9.07 Å². The fourth-order valence-electron chi connectivity index (χ4n) is 3.48. The van der Waals surface area contributed by atoms with Gasteiger partial charge < -0.3 is 14.8 Å². The number of aromatic nitrogens is 2. The molecule has 0 aliphatic rings. The molecule has 0 aliphatic heterocycles. The van der Waals surface area contributed by atoms with Crippen molar-refractivity contribution in [2.75, 3.05) is 14.2 Å². The molecule has 0 fully saturated rings. The summed E-state index contributed by atoms with van der Waals surface area (Å²) in [6.45, 7) is 1.19. The maximum Gasteiger partial charge on any atom is 0.161 e. The fraction of sp³-hybridized carbons (Fsp3) is 0.160. The maximum atomic E-state index is 13.4. The first-order chi connectivity index (χ1) is 15.6. The number of methoxy groups -OCH3 is 2. The molecule has 5 nitrogen and oxygen atoms in total. The Morgan fingerprint density at radius 1 is 0.938 bits per heavy atom. The predicted molar refractivity (Wildman–Crippen MR) is 124 cm³/mol. The molecule has 0 saturated heterocycles. The van der Waals surface area contributed by atoms with Gasteiger partial charge in [0.15, 0.2) is 11.5 Å². The summed E-state index contributed by atoms with van der Waals surface area (Å²) < 4.78 is 25.8. The first kappa shape index (κ1) is 21.9. The fourth-order valence-corrected chi connectivity index (χ4v) is 3.70. The lowest BCUT2D eigenvalue weighted by Crippen LogP contribution is -2.13. The highest BCUT2D eigenvalue weighted by molar-refractivity contribution is 6.33. The number of hydrogen-bond donors (Lipinski definition) is 1. The Kier molecular flexibility index (Phi) is 6.73. The van der Waals surface area contributed by atoms with Crippen LogP contribution in [0.2, 0.25) is 5.02 Å². The molecule has 7 heteroatoms. The molecule has 32 heavy (non-hydrogen) atoms. The Labute approximate surface area is 191 Å². The van der Waals surface area contributed by atoms with Gasteiger partial charge in [-0.15, -0.1) is 0 Å². The summed E-state index contributed by atoms with van der Waals surface area (Å²) in [4.78, 5) is 0. The second kappa shape index (κ2) is 9.85. The molecule has 0 unspecified atom stereocenters. The third-order valence-electron chi connectivity index (χ3n) is 5.10. The molecular formula is C25H23ClFN3O2. The second-order valence-electron chi connectivity index (χ2n) is 7.20. The van der Waals surface area contributed by atoms with Crippen LogP contribution in [0.3, 0.4) is 0 Å². The van der Waals surface area contributed by atoms with Crippen LogP contribution in [0.15, 0.2) is 72.9 Å². The van der Waals surface area contributed by atoms with E-state index >= 15 is 0 Å². The van der Waals surface area contributed by atoms with Crippen molar-refractivity contribution in [1.29, 1.82) is 0 Å². The topological polar surface area (TPSA) is 48.3 Å². The van der Waals surface area contributed by atoms with Crippen LogP contribution in [0, 0.1) is 5.82 Å². The quantitative estimate of drug-likeness (QED) is 0.376. The highest BCUT2D eigenvalue weighted by atomic mass is 35.5. The number of nitrogens with one attached hydrogen (secondary N) is 1. The number of benzene rings is 3. The van der Waals surface area contributed by atoms with Crippen LogP contribution >= 0.6 is 11.6 Å². The lowest BCUT2D eigenvalue weighted by molar-refractivity contribution is 0.354. The number of ether oxygens (including phenoxy) is 2. The molecule has 0 saturated carbocycles. The van der Waals surface area contributed by atoms with E-state index in [9.17, 15) is 4.39 Å². The monoisotopic (exact) mass is 451 g/mol. The molecule has 0 amide bonds. The van der Waals surface area contributed by atoms with Gasteiger partial charge in [0.1, 0.15) is 5.82 Å². The first-order valence-electron chi connectivity index (χ1n) is 10.1. The van der Waals surface area contributed by atoms with Gasteiger partial charge in [-0.2, -0.15) is 5.10 Å². The standard InChI is InChI=1S/C25H23ClFN3O2/c1-31-23-12-7-17(13-24(23)32-2)14-28-15-18-16-30(20-10-8-19(27)9-11-20)29-25(18)21-5-3-4-6-22(21)26/h3-13,16,28H,14-15H2,1-2H3. The van der Waals surface area contributed by atoms with Gasteiger partial charge in [-0.1, -0.05) is 35.9 Å². The Bertz CT molecular complexity index is 1210. The van der Waals surface area contributed by atoms with Gasteiger partial charge in [-0.05, 0) is 48.0 Å². The number of halogens is 2. The summed E-state index contributed by atoms with van der Waals surface area (Å²) in [5.74, 6) is 1.09. The van der Waals surface area contributed by atoms with Crippen molar-refractivity contribution in [2.24, 2.45) is 0 Å².